The molecule has 128 valence electrons. The maximum absolute atomic E-state index is 12.5. The lowest BCUT2D eigenvalue weighted by atomic mass is 10.0. The molecule has 0 aromatic heterocycles. The first kappa shape index (κ1) is 17.2. The van der Waals surface area contributed by atoms with Crippen LogP contribution >= 0.6 is 0 Å². The second-order valence-corrected chi connectivity index (χ2v) is 6.01. The number of aliphatic hydroxyl groups is 1. The van der Waals surface area contributed by atoms with Crippen LogP contribution in [0.15, 0.2) is 60.7 Å². The summed E-state index contributed by atoms with van der Waals surface area (Å²) < 4.78 is 5.51. The van der Waals surface area contributed by atoms with E-state index >= 15 is 0 Å². The average molecular weight is 335 g/mol. The van der Waals surface area contributed by atoms with E-state index in [-0.39, 0.29) is 11.9 Å². The number of amides is 1. The van der Waals surface area contributed by atoms with Crippen molar-refractivity contribution in [2.45, 2.75) is 18.6 Å². The van der Waals surface area contributed by atoms with Crippen molar-refractivity contribution in [2.75, 3.05) is 19.8 Å². The van der Waals surface area contributed by atoms with Crippen LogP contribution < -0.4 is 0 Å². The van der Waals surface area contributed by atoms with Gasteiger partial charge in [-0.15, -0.1) is 0 Å². The van der Waals surface area contributed by atoms with Crippen LogP contribution in [0.3, 0.4) is 0 Å². The second kappa shape index (κ2) is 8.48. The Morgan fingerprint density at radius 1 is 1.16 bits per heavy atom. The third-order valence-corrected chi connectivity index (χ3v) is 4.26. The molecule has 0 bridgehead atoms. The summed E-state index contributed by atoms with van der Waals surface area (Å²) in [4.78, 5) is 14.2. The molecule has 4 nitrogen and oxygen atoms in total. The molecule has 1 N–H and O–H groups in total. The molecule has 1 fully saturated rings. The zero-order valence-electron chi connectivity index (χ0n) is 14.0. The molecule has 0 aliphatic carbocycles. The Hall–Kier alpha value is -2.61. The molecule has 2 aromatic rings. The lowest BCUT2D eigenvalue weighted by molar-refractivity contribution is -0.134. The van der Waals surface area contributed by atoms with Crippen molar-refractivity contribution in [2.24, 2.45) is 0 Å². The highest BCUT2D eigenvalue weighted by Crippen LogP contribution is 2.22. The quantitative estimate of drug-likeness (QED) is 0.876. The molecule has 1 heterocycles. The van der Waals surface area contributed by atoms with E-state index in [1.165, 1.54) is 0 Å². The van der Waals surface area contributed by atoms with Gasteiger partial charge >= 0.3 is 0 Å². The monoisotopic (exact) mass is 335 g/mol. The molecule has 2 atom stereocenters. The Morgan fingerprint density at radius 2 is 1.84 bits per heavy atom. The normalized spacial score (nSPS) is 18.1. The highest BCUT2D eigenvalue weighted by Gasteiger charge is 2.28. The van der Waals surface area contributed by atoms with Gasteiger partial charge in [0.05, 0.1) is 25.4 Å². The predicted molar refractivity (Wildman–Crippen MR) is 95.7 cm³/mol. The van der Waals surface area contributed by atoms with Gasteiger partial charge in [0.2, 0.25) is 0 Å². The van der Waals surface area contributed by atoms with Crippen molar-refractivity contribution in [3.63, 3.8) is 0 Å². The minimum Gasteiger partial charge on any atom is -0.388 e. The summed E-state index contributed by atoms with van der Waals surface area (Å²) in [5.41, 5.74) is 1.65. The molecule has 3 rings (SSSR count). The molecular formula is C21H21NO3. The van der Waals surface area contributed by atoms with Crippen molar-refractivity contribution in [1.82, 2.24) is 4.90 Å². The summed E-state index contributed by atoms with van der Waals surface area (Å²) in [6.45, 7) is 1.41. The first-order valence-corrected chi connectivity index (χ1v) is 8.42. The fourth-order valence-electron chi connectivity index (χ4n) is 2.91. The molecular weight excluding hydrogens is 314 g/mol. The molecule has 0 unspecified atom stereocenters. The molecule has 2 aromatic carbocycles. The van der Waals surface area contributed by atoms with E-state index < -0.39 is 6.10 Å². The average Bonchev–Trinajstić information content (AvgIpc) is 2.68. The SMILES string of the molecule is O=C(C#Cc1ccccc1)N1CCOC[C@@H]1C[C@@H](O)c1ccccc1. The number of carbonyl (C=O) groups is 1. The van der Waals surface area contributed by atoms with E-state index in [1.54, 1.807) is 4.90 Å². The van der Waals surface area contributed by atoms with Gasteiger partial charge in [-0.05, 0) is 17.7 Å². The summed E-state index contributed by atoms with van der Waals surface area (Å²) in [5.74, 6) is 5.39. The fraction of sp³-hybridized carbons (Fsp3) is 0.286. The van der Waals surface area contributed by atoms with Crippen LogP contribution in [0.4, 0.5) is 0 Å². The summed E-state index contributed by atoms with van der Waals surface area (Å²) in [5, 5.41) is 10.5. The second-order valence-electron chi connectivity index (χ2n) is 6.01. The predicted octanol–water partition coefficient (Wildman–Crippen LogP) is 2.39. The zero-order valence-corrected chi connectivity index (χ0v) is 14.0. The van der Waals surface area contributed by atoms with E-state index in [4.69, 9.17) is 4.74 Å². The third-order valence-electron chi connectivity index (χ3n) is 4.26. The van der Waals surface area contributed by atoms with Crippen molar-refractivity contribution in [3.8, 4) is 11.8 Å². The van der Waals surface area contributed by atoms with Gasteiger partial charge in [0.1, 0.15) is 0 Å². The minimum absolute atomic E-state index is 0.179. The number of hydrogen-bond donors (Lipinski definition) is 1. The molecule has 1 amide bonds. The van der Waals surface area contributed by atoms with Gasteiger partial charge < -0.3 is 14.7 Å². The molecule has 1 aliphatic heterocycles. The highest BCUT2D eigenvalue weighted by atomic mass is 16.5. The van der Waals surface area contributed by atoms with Gasteiger partial charge in [-0.2, -0.15) is 0 Å². The molecule has 0 radical (unpaired) electrons. The van der Waals surface area contributed by atoms with Crippen LogP contribution in [0.25, 0.3) is 0 Å². The van der Waals surface area contributed by atoms with Crippen LogP contribution in [0, 0.1) is 11.8 Å². The number of aliphatic hydroxyl groups excluding tert-OH is 1. The zero-order chi connectivity index (χ0) is 17.5. The van der Waals surface area contributed by atoms with E-state index in [0.29, 0.717) is 26.2 Å². The van der Waals surface area contributed by atoms with Crippen LogP contribution in [-0.4, -0.2) is 41.7 Å². The number of nitrogens with zero attached hydrogens (tertiary/aromatic N) is 1. The number of benzene rings is 2. The lowest BCUT2D eigenvalue weighted by Gasteiger charge is -2.35. The minimum atomic E-state index is -0.634. The van der Waals surface area contributed by atoms with Crippen molar-refractivity contribution >= 4 is 5.91 Å². The topological polar surface area (TPSA) is 49.8 Å². The summed E-state index contributed by atoms with van der Waals surface area (Å²) in [6.07, 6.45) is -0.201. The molecule has 4 heteroatoms. The molecule has 25 heavy (non-hydrogen) atoms. The Balaban J connectivity index is 1.68. The van der Waals surface area contributed by atoms with Crippen molar-refractivity contribution < 1.29 is 14.6 Å². The fourth-order valence-corrected chi connectivity index (χ4v) is 2.91. The number of hydrogen-bond acceptors (Lipinski definition) is 3. The van der Waals surface area contributed by atoms with Crippen LogP contribution in [0.5, 0.6) is 0 Å². The number of carbonyl (C=O) groups excluding carboxylic acids is 1. The van der Waals surface area contributed by atoms with Crippen LogP contribution in [0.1, 0.15) is 23.7 Å². The molecule has 1 saturated heterocycles. The molecule has 0 spiro atoms. The van der Waals surface area contributed by atoms with Gasteiger partial charge in [-0.25, -0.2) is 0 Å². The van der Waals surface area contributed by atoms with E-state index in [1.807, 2.05) is 60.7 Å². The Bertz CT molecular complexity index is 749. The van der Waals surface area contributed by atoms with Crippen LogP contribution in [-0.2, 0) is 9.53 Å². The summed E-state index contributed by atoms with van der Waals surface area (Å²) >= 11 is 0. The lowest BCUT2D eigenvalue weighted by Crippen LogP contribution is -2.48. The van der Waals surface area contributed by atoms with Crippen molar-refractivity contribution in [1.29, 1.82) is 0 Å². The third kappa shape index (κ3) is 4.69. The van der Waals surface area contributed by atoms with Crippen LogP contribution in [0.2, 0.25) is 0 Å². The highest BCUT2D eigenvalue weighted by molar-refractivity contribution is 5.94. The van der Waals surface area contributed by atoms with Gasteiger partial charge in [0, 0.05) is 24.4 Å². The van der Waals surface area contributed by atoms with E-state index in [9.17, 15) is 9.90 Å². The molecule has 0 saturated carbocycles. The van der Waals surface area contributed by atoms with E-state index in [2.05, 4.69) is 11.8 Å². The maximum atomic E-state index is 12.5. The van der Waals surface area contributed by atoms with Gasteiger partial charge in [0.25, 0.3) is 5.91 Å². The number of ether oxygens (including phenoxy) is 1. The van der Waals surface area contributed by atoms with Gasteiger partial charge in [-0.1, -0.05) is 54.5 Å². The smallest absolute Gasteiger partial charge is 0.299 e. The number of morpholine rings is 1. The first-order valence-electron chi connectivity index (χ1n) is 8.42. The summed E-state index contributed by atoms with van der Waals surface area (Å²) in [7, 11) is 0. The van der Waals surface area contributed by atoms with E-state index in [0.717, 1.165) is 11.1 Å². The van der Waals surface area contributed by atoms with Crippen molar-refractivity contribution in [3.05, 3.63) is 71.8 Å². The number of rotatable bonds is 3. The first-order chi connectivity index (χ1) is 12.2. The standard InChI is InChI=1S/C21H21NO3/c23-20(18-9-5-2-6-10-18)15-19-16-25-14-13-22(19)21(24)12-11-17-7-3-1-4-8-17/h1-10,19-20,23H,13-16H2/t19-,20+/m0/s1. The molecule has 1 aliphatic rings. The Labute approximate surface area is 148 Å². The largest absolute Gasteiger partial charge is 0.388 e. The maximum Gasteiger partial charge on any atom is 0.299 e. The Kier molecular flexibility index (Phi) is 5.84. The van der Waals surface area contributed by atoms with Gasteiger partial charge in [-0.3, -0.25) is 4.79 Å². The Morgan fingerprint density at radius 3 is 2.56 bits per heavy atom. The van der Waals surface area contributed by atoms with Gasteiger partial charge in [0.15, 0.2) is 0 Å². The summed E-state index contributed by atoms with van der Waals surface area (Å²) in [6, 6.07) is 18.7.